The third-order valence-electron chi connectivity index (χ3n) is 10.1. The van der Waals surface area contributed by atoms with Crippen molar-refractivity contribution >= 4 is 32.1 Å². The van der Waals surface area contributed by atoms with Crippen LogP contribution in [-0.2, 0) is 34.7 Å². The molecule has 5 atom stereocenters. The van der Waals surface area contributed by atoms with E-state index in [0.717, 1.165) is 11.3 Å². The van der Waals surface area contributed by atoms with E-state index < -0.39 is 55.9 Å². The highest BCUT2D eigenvalue weighted by Crippen LogP contribution is 2.40. The van der Waals surface area contributed by atoms with Crippen molar-refractivity contribution in [3.05, 3.63) is 71.3 Å². The summed E-state index contributed by atoms with van der Waals surface area (Å²) < 4.78 is 48.9. The first-order valence-corrected chi connectivity index (χ1v) is 22.4. The summed E-state index contributed by atoms with van der Waals surface area (Å²) in [6.45, 7) is 28.4. The van der Waals surface area contributed by atoms with Gasteiger partial charge in [0.05, 0.1) is 19.8 Å². The number of hydrogen-bond acceptors (Lipinski definition) is 10. The Hall–Kier alpha value is -3.68. The number of nitrogens with one attached hydrogen (secondary N) is 1. The molecule has 0 saturated carbocycles. The van der Waals surface area contributed by atoms with Crippen LogP contribution in [0.2, 0.25) is 18.1 Å². The molecule has 11 nitrogen and oxygen atoms in total. The second-order valence-electron chi connectivity index (χ2n) is 18.2. The van der Waals surface area contributed by atoms with Gasteiger partial charge in [-0.15, -0.1) is 0 Å². The first-order valence-electron chi connectivity index (χ1n) is 19.5. The fourth-order valence-corrected chi connectivity index (χ4v) is 7.64. The molecule has 1 amide bonds. The molecule has 0 radical (unpaired) electrons. The summed E-state index contributed by atoms with van der Waals surface area (Å²) in [4.78, 5) is 26.0. The predicted molar refractivity (Wildman–Crippen MR) is 222 cm³/mol. The molecule has 56 heavy (non-hydrogen) atoms. The third kappa shape index (κ3) is 12.4. The number of benzene rings is 2. The second kappa shape index (κ2) is 17.4. The molecule has 0 aromatic heterocycles. The Morgan fingerprint density at radius 1 is 0.946 bits per heavy atom. The SMILES string of the molecule is COc1ccc(CO[C@H](/C=C\[C@@H](C)[C@H](C)O[Si](C)(C)C(C)(C)C)[C@H]2OC(C)(C)O[C@H]2C/C=C/c2cc(NC(=O)OC(C)(C)C)cc3c2C(=O)OC(C)(C)O3)cc1. The minimum Gasteiger partial charge on any atom is -0.497 e. The van der Waals surface area contributed by atoms with Gasteiger partial charge < -0.3 is 37.6 Å². The standard InChI is InChI=1S/C44H65NO10Si/c1-28(29(2)55-56(14,15)42(6,7)8)19-24-34(49-27-30-20-22-33(48-13)23-21-30)38-35(50-43(9,10)52-38)18-16-17-31-25-32(45-40(47)54-41(3,4)5)26-36-37(31)39(46)53-44(11,12)51-36/h16-17,19-26,28-29,34-35,38H,18,27H2,1-15H3,(H,45,47)/b17-16+,24-19-/t28-,29+,34-,35+,38-/m1/s1. The fourth-order valence-electron chi connectivity index (χ4n) is 6.14. The van der Waals surface area contributed by atoms with Gasteiger partial charge in [0.2, 0.25) is 5.79 Å². The number of methoxy groups -OCH3 is 1. The number of rotatable bonds is 14. The summed E-state index contributed by atoms with van der Waals surface area (Å²) in [5.41, 5.74) is 1.45. The molecule has 4 rings (SSSR count). The smallest absolute Gasteiger partial charge is 0.412 e. The Balaban J connectivity index is 1.63. The number of carbonyl (C=O) groups is 2. The normalized spacial score (nSPS) is 21.2. The molecule has 2 aliphatic rings. The van der Waals surface area contributed by atoms with Crippen LogP contribution in [0.4, 0.5) is 10.5 Å². The van der Waals surface area contributed by atoms with Crippen LogP contribution in [-0.4, -0.2) is 69.1 Å². The maximum Gasteiger partial charge on any atom is 0.412 e. The molecule has 2 heterocycles. The van der Waals surface area contributed by atoms with E-state index in [4.69, 9.17) is 37.6 Å². The van der Waals surface area contributed by atoms with Crippen LogP contribution >= 0.6 is 0 Å². The van der Waals surface area contributed by atoms with Gasteiger partial charge in [0.1, 0.15) is 34.9 Å². The van der Waals surface area contributed by atoms with E-state index in [0.29, 0.717) is 24.3 Å². The maximum atomic E-state index is 13.3. The zero-order valence-corrected chi connectivity index (χ0v) is 37.2. The quantitative estimate of drug-likeness (QED) is 0.112. The lowest BCUT2D eigenvalue weighted by Gasteiger charge is -2.39. The van der Waals surface area contributed by atoms with Crippen LogP contribution in [0.5, 0.6) is 11.5 Å². The number of amides is 1. The van der Waals surface area contributed by atoms with Gasteiger partial charge in [-0.05, 0) is 101 Å². The van der Waals surface area contributed by atoms with Gasteiger partial charge in [-0.2, -0.15) is 0 Å². The molecule has 1 fully saturated rings. The Morgan fingerprint density at radius 2 is 1.61 bits per heavy atom. The average Bonchev–Trinajstić information content (AvgIpc) is 3.35. The van der Waals surface area contributed by atoms with Gasteiger partial charge in [-0.25, -0.2) is 9.59 Å². The lowest BCUT2D eigenvalue weighted by atomic mass is 9.99. The Kier molecular flexibility index (Phi) is 14.0. The van der Waals surface area contributed by atoms with Crippen molar-refractivity contribution in [1.29, 1.82) is 0 Å². The summed E-state index contributed by atoms with van der Waals surface area (Å²) in [5, 5.41) is 2.86. The summed E-state index contributed by atoms with van der Waals surface area (Å²) in [7, 11) is -0.344. The number of esters is 1. The van der Waals surface area contributed by atoms with Crippen molar-refractivity contribution in [3.63, 3.8) is 0 Å². The molecular weight excluding hydrogens is 731 g/mol. The van der Waals surface area contributed by atoms with E-state index in [9.17, 15) is 9.59 Å². The van der Waals surface area contributed by atoms with Gasteiger partial charge >= 0.3 is 12.1 Å². The number of anilines is 1. The van der Waals surface area contributed by atoms with Crippen LogP contribution in [0.1, 0.15) is 111 Å². The minimum absolute atomic E-state index is 0.00181. The second-order valence-corrected chi connectivity index (χ2v) is 22.9. The highest BCUT2D eigenvalue weighted by Gasteiger charge is 2.45. The molecular formula is C44H65NO10Si. The first-order chi connectivity index (χ1) is 25.8. The third-order valence-corrected chi connectivity index (χ3v) is 14.7. The number of fused-ring (bicyclic) bond motifs is 1. The van der Waals surface area contributed by atoms with Crippen LogP contribution in [0.15, 0.2) is 54.6 Å². The van der Waals surface area contributed by atoms with E-state index in [1.165, 1.54) is 0 Å². The molecule has 0 aliphatic carbocycles. The Labute approximate surface area is 335 Å². The fraction of sp³-hybridized carbons (Fsp3) is 0.591. The topological polar surface area (TPSA) is 120 Å². The van der Waals surface area contributed by atoms with Crippen molar-refractivity contribution in [3.8, 4) is 11.5 Å². The van der Waals surface area contributed by atoms with Crippen LogP contribution in [0, 0.1) is 5.92 Å². The monoisotopic (exact) mass is 795 g/mol. The zero-order valence-electron chi connectivity index (χ0n) is 36.2. The molecule has 0 spiro atoms. The van der Waals surface area contributed by atoms with E-state index in [2.05, 4.69) is 65.2 Å². The zero-order chi connectivity index (χ0) is 41.9. The average molecular weight is 796 g/mol. The first kappa shape index (κ1) is 45.0. The molecule has 2 aromatic rings. The van der Waals surface area contributed by atoms with E-state index in [1.807, 2.05) is 44.2 Å². The highest BCUT2D eigenvalue weighted by atomic mass is 28.4. The summed E-state index contributed by atoms with van der Waals surface area (Å²) in [6, 6.07) is 11.1. The Bertz CT molecular complexity index is 1740. The summed E-state index contributed by atoms with van der Waals surface area (Å²) in [5.74, 6) is -1.45. The van der Waals surface area contributed by atoms with Crippen molar-refractivity contribution in [1.82, 2.24) is 0 Å². The largest absolute Gasteiger partial charge is 0.497 e. The predicted octanol–water partition coefficient (Wildman–Crippen LogP) is 10.4. The van der Waals surface area contributed by atoms with Crippen molar-refractivity contribution in [2.24, 2.45) is 5.92 Å². The van der Waals surface area contributed by atoms with Gasteiger partial charge in [0, 0.05) is 31.7 Å². The summed E-state index contributed by atoms with van der Waals surface area (Å²) in [6.07, 6.45) is 6.38. The number of carbonyl (C=O) groups excluding carboxylic acids is 2. The van der Waals surface area contributed by atoms with Gasteiger partial charge in [-0.3, -0.25) is 5.32 Å². The van der Waals surface area contributed by atoms with Crippen LogP contribution in [0.25, 0.3) is 6.08 Å². The minimum atomic E-state index is -1.99. The van der Waals surface area contributed by atoms with Gasteiger partial charge in [0.25, 0.3) is 0 Å². The van der Waals surface area contributed by atoms with E-state index in [-0.39, 0.29) is 28.4 Å². The Morgan fingerprint density at radius 3 is 2.21 bits per heavy atom. The summed E-state index contributed by atoms with van der Waals surface area (Å²) >= 11 is 0. The molecule has 310 valence electrons. The molecule has 1 saturated heterocycles. The maximum absolute atomic E-state index is 13.3. The number of hydrogen-bond donors (Lipinski definition) is 1. The lowest BCUT2D eigenvalue weighted by Crippen LogP contribution is -2.44. The number of cyclic esters (lactones) is 1. The van der Waals surface area contributed by atoms with Crippen LogP contribution < -0.4 is 14.8 Å². The molecule has 2 aromatic carbocycles. The molecule has 2 aliphatic heterocycles. The highest BCUT2D eigenvalue weighted by molar-refractivity contribution is 6.74. The van der Waals surface area contributed by atoms with E-state index in [1.54, 1.807) is 59.9 Å². The van der Waals surface area contributed by atoms with E-state index >= 15 is 0 Å². The number of ether oxygens (including phenoxy) is 7. The van der Waals surface area contributed by atoms with Crippen molar-refractivity contribution < 1.29 is 47.2 Å². The van der Waals surface area contributed by atoms with Gasteiger partial charge in [0.15, 0.2) is 14.1 Å². The lowest BCUT2D eigenvalue weighted by molar-refractivity contribution is -0.156. The molecule has 0 unspecified atom stereocenters. The van der Waals surface area contributed by atoms with Crippen molar-refractivity contribution in [2.45, 2.75) is 156 Å². The molecule has 0 bridgehead atoms. The van der Waals surface area contributed by atoms with Crippen molar-refractivity contribution in [2.75, 3.05) is 12.4 Å². The molecule has 1 N–H and O–H groups in total. The van der Waals surface area contributed by atoms with Gasteiger partial charge in [-0.1, -0.05) is 64.1 Å². The molecule has 12 heteroatoms. The van der Waals surface area contributed by atoms with Crippen LogP contribution in [0.3, 0.4) is 0 Å².